The fraction of sp³-hybridized carbons (Fsp3) is 1.00. The zero-order chi connectivity index (χ0) is 6.58. The summed E-state index contributed by atoms with van der Waals surface area (Å²) in [5.74, 6) is 0. The van der Waals surface area contributed by atoms with E-state index in [1.165, 1.54) is 0 Å². The lowest BCUT2D eigenvalue weighted by Crippen LogP contribution is -2.09. The van der Waals surface area contributed by atoms with Gasteiger partial charge >= 0.3 is 0 Å². The Balaban J connectivity index is 2.72. The molecule has 0 aromatic rings. The fourth-order valence-electron chi connectivity index (χ4n) is 0.926. The van der Waals surface area contributed by atoms with E-state index in [1.807, 2.05) is 13.8 Å². The molecule has 0 amide bonds. The van der Waals surface area contributed by atoms with E-state index in [4.69, 9.17) is 5.11 Å². The summed E-state index contributed by atoms with van der Waals surface area (Å²) in [7, 11) is 0. The molecule has 2 atom stereocenters. The predicted octanol–water partition coefficient (Wildman–Crippen LogP) is 0.138. The van der Waals surface area contributed by atoms with Gasteiger partial charge in [-0.15, -0.1) is 0 Å². The highest BCUT2D eigenvalue weighted by molar-refractivity contribution is 5.17. The molecule has 0 radical (unpaired) electrons. The van der Waals surface area contributed by atoms with Crippen molar-refractivity contribution >= 4 is 0 Å². The third-order valence-electron chi connectivity index (χ3n) is 2.44. The van der Waals surface area contributed by atoms with Crippen LogP contribution in [0.2, 0.25) is 0 Å². The predicted molar refractivity (Wildman–Crippen MR) is 30.4 cm³/mol. The van der Waals surface area contributed by atoms with Gasteiger partial charge in [0.05, 0.1) is 11.7 Å². The van der Waals surface area contributed by atoms with E-state index in [1.54, 1.807) is 6.92 Å². The van der Waals surface area contributed by atoms with Gasteiger partial charge in [0.2, 0.25) is 0 Å². The van der Waals surface area contributed by atoms with E-state index >= 15 is 0 Å². The molecule has 0 bridgehead atoms. The summed E-state index contributed by atoms with van der Waals surface area (Å²) in [6.07, 6.45) is -0.532. The van der Waals surface area contributed by atoms with E-state index in [0.29, 0.717) is 0 Å². The van der Waals surface area contributed by atoms with Gasteiger partial charge < -0.3 is 10.2 Å². The van der Waals surface area contributed by atoms with Gasteiger partial charge in [-0.25, -0.2) is 0 Å². The molecule has 0 aliphatic heterocycles. The Morgan fingerprint density at radius 1 is 1.25 bits per heavy atom. The molecule has 48 valence electrons. The summed E-state index contributed by atoms with van der Waals surface area (Å²) in [4.78, 5) is 0. The minimum absolute atomic E-state index is 0.285. The lowest BCUT2D eigenvalue weighted by Gasteiger charge is -2.01. The zero-order valence-corrected chi connectivity index (χ0v) is 5.47. The van der Waals surface area contributed by atoms with Gasteiger partial charge in [0.1, 0.15) is 0 Å². The summed E-state index contributed by atoms with van der Waals surface area (Å²) in [5.41, 5.74) is -1.12. The minimum atomic E-state index is -0.840. The van der Waals surface area contributed by atoms with Crippen molar-refractivity contribution < 1.29 is 10.2 Å². The van der Waals surface area contributed by atoms with Crippen molar-refractivity contribution in [3.05, 3.63) is 0 Å². The average molecular weight is 116 g/mol. The molecule has 2 nitrogen and oxygen atoms in total. The largest absolute Gasteiger partial charge is 0.389 e. The molecular formula is C6H12O2. The van der Waals surface area contributed by atoms with Crippen LogP contribution in [0.5, 0.6) is 0 Å². The van der Waals surface area contributed by atoms with E-state index < -0.39 is 11.7 Å². The maximum Gasteiger partial charge on any atom is 0.0960 e. The number of aliphatic hydroxyl groups excluding tert-OH is 1. The lowest BCUT2D eigenvalue weighted by atomic mass is 10.1. The molecule has 1 fully saturated rings. The molecule has 0 aromatic heterocycles. The molecule has 2 N–H and O–H groups in total. The Labute approximate surface area is 49.1 Å². The maximum absolute atomic E-state index is 9.18. The first kappa shape index (κ1) is 6.05. The second-order valence-electron chi connectivity index (χ2n) is 3.27. The Morgan fingerprint density at radius 3 is 1.38 bits per heavy atom. The Bertz CT molecular complexity index is 102. The molecule has 0 aromatic carbocycles. The monoisotopic (exact) mass is 116 g/mol. The molecule has 0 heterocycles. The van der Waals surface area contributed by atoms with Crippen LogP contribution in [0.15, 0.2) is 0 Å². The van der Waals surface area contributed by atoms with Crippen molar-refractivity contribution in [2.24, 2.45) is 5.41 Å². The molecule has 0 saturated heterocycles. The highest BCUT2D eigenvalue weighted by Gasteiger charge is 2.67. The molecule has 2 heteroatoms. The van der Waals surface area contributed by atoms with Crippen molar-refractivity contribution in [1.82, 2.24) is 0 Å². The van der Waals surface area contributed by atoms with Crippen LogP contribution in [0.1, 0.15) is 20.8 Å². The molecule has 1 aliphatic rings. The normalized spacial score (nSPS) is 51.4. The second kappa shape index (κ2) is 1.09. The van der Waals surface area contributed by atoms with E-state index in [2.05, 4.69) is 0 Å². The summed E-state index contributed by atoms with van der Waals surface area (Å²) in [6.45, 7) is 5.34. The van der Waals surface area contributed by atoms with Crippen molar-refractivity contribution in [3.63, 3.8) is 0 Å². The molecule has 2 unspecified atom stereocenters. The quantitative estimate of drug-likeness (QED) is 0.472. The minimum Gasteiger partial charge on any atom is -0.389 e. The fourth-order valence-corrected chi connectivity index (χ4v) is 0.926. The van der Waals surface area contributed by atoms with Gasteiger partial charge in [-0.2, -0.15) is 0 Å². The smallest absolute Gasteiger partial charge is 0.0960 e. The van der Waals surface area contributed by atoms with Crippen molar-refractivity contribution in [3.8, 4) is 0 Å². The average Bonchev–Trinajstić information content (AvgIpc) is 1.88. The highest BCUT2D eigenvalue weighted by Crippen LogP contribution is 2.54. The van der Waals surface area contributed by atoms with E-state index in [9.17, 15) is 5.11 Å². The summed E-state index contributed by atoms with van der Waals surface area (Å²) in [6, 6.07) is 0. The third-order valence-corrected chi connectivity index (χ3v) is 2.44. The van der Waals surface area contributed by atoms with Crippen LogP contribution in [0, 0.1) is 5.41 Å². The van der Waals surface area contributed by atoms with Crippen LogP contribution >= 0.6 is 0 Å². The number of aliphatic hydroxyl groups is 2. The molecule has 8 heavy (non-hydrogen) atoms. The van der Waals surface area contributed by atoms with Gasteiger partial charge in [-0.05, 0) is 6.92 Å². The van der Waals surface area contributed by atoms with Gasteiger partial charge in [0, 0.05) is 5.41 Å². The standard InChI is InChI=1S/C6H12O2/c1-5(2)4(7)6(5,3)8/h4,7-8H,1-3H3. The summed E-state index contributed by atoms with van der Waals surface area (Å²) < 4.78 is 0. The zero-order valence-electron chi connectivity index (χ0n) is 5.47. The molecule has 1 rings (SSSR count). The van der Waals surface area contributed by atoms with Crippen LogP contribution in [-0.2, 0) is 0 Å². The Kier molecular flexibility index (Phi) is 0.823. The molecule has 1 saturated carbocycles. The van der Waals surface area contributed by atoms with Crippen LogP contribution in [0.4, 0.5) is 0 Å². The Morgan fingerprint density at radius 2 is 1.38 bits per heavy atom. The van der Waals surface area contributed by atoms with Crippen LogP contribution in [0.3, 0.4) is 0 Å². The second-order valence-corrected chi connectivity index (χ2v) is 3.27. The molecule has 0 spiro atoms. The van der Waals surface area contributed by atoms with Crippen molar-refractivity contribution in [2.45, 2.75) is 32.5 Å². The molecule has 1 aliphatic carbocycles. The van der Waals surface area contributed by atoms with Gasteiger partial charge in [-0.1, -0.05) is 13.8 Å². The van der Waals surface area contributed by atoms with E-state index in [-0.39, 0.29) is 5.41 Å². The van der Waals surface area contributed by atoms with Gasteiger partial charge in [0.15, 0.2) is 0 Å². The lowest BCUT2D eigenvalue weighted by molar-refractivity contribution is 0.0947. The Hall–Kier alpha value is -0.0800. The maximum atomic E-state index is 9.18. The first-order valence-corrected chi connectivity index (χ1v) is 2.81. The summed E-state index contributed by atoms with van der Waals surface area (Å²) >= 11 is 0. The van der Waals surface area contributed by atoms with Crippen molar-refractivity contribution in [1.29, 1.82) is 0 Å². The SMILES string of the molecule is CC1(C)C(O)C1(C)O. The highest BCUT2D eigenvalue weighted by atomic mass is 16.4. The topological polar surface area (TPSA) is 40.5 Å². The summed E-state index contributed by atoms with van der Waals surface area (Å²) in [5, 5.41) is 18.2. The first-order chi connectivity index (χ1) is 3.40. The third kappa shape index (κ3) is 0.400. The van der Waals surface area contributed by atoms with E-state index in [0.717, 1.165) is 0 Å². The van der Waals surface area contributed by atoms with Crippen LogP contribution in [-0.4, -0.2) is 21.9 Å². The van der Waals surface area contributed by atoms with Gasteiger partial charge in [-0.3, -0.25) is 0 Å². The van der Waals surface area contributed by atoms with Gasteiger partial charge in [0.25, 0.3) is 0 Å². The van der Waals surface area contributed by atoms with Crippen LogP contribution in [0.25, 0.3) is 0 Å². The molecular weight excluding hydrogens is 104 g/mol. The first-order valence-electron chi connectivity index (χ1n) is 2.81. The number of hydrogen-bond acceptors (Lipinski definition) is 2. The number of rotatable bonds is 0. The van der Waals surface area contributed by atoms with Crippen LogP contribution < -0.4 is 0 Å². The number of hydrogen-bond donors (Lipinski definition) is 2. The van der Waals surface area contributed by atoms with Crippen molar-refractivity contribution in [2.75, 3.05) is 0 Å².